The zero-order chi connectivity index (χ0) is 20.4. The van der Waals surface area contributed by atoms with Crippen LogP contribution in [0, 0.1) is 0 Å². The van der Waals surface area contributed by atoms with Gasteiger partial charge in [0.05, 0.1) is 27.0 Å². The van der Waals surface area contributed by atoms with Crippen molar-refractivity contribution in [1.29, 1.82) is 0 Å². The lowest BCUT2D eigenvalue weighted by atomic mass is 10.2. The maximum atomic E-state index is 12.8. The Hall–Kier alpha value is -0.990. The molecule has 1 saturated heterocycles. The minimum absolute atomic E-state index is 0.0250. The summed E-state index contributed by atoms with van der Waals surface area (Å²) in [7, 11) is 0. The second-order valence-electron chi connectivity index (χ2n) is 5.71. The highest BCUT2D eigenvalue weighted by atomic mass is 79.9. The SMILES string of the molecule is CCOc1c(Br)cc(/C=C2\SC(=O)N(Cc3c(Cl)cccc3Cl)C2=O)cc1Br. The van der Waals surface area contributed by atoms with Gasteiger partial charge in [0, 0.05) is 15.6 Å². The van der Waals surface area contributed by atoms with E-state index in [1.54, 1.807) is 24.3 Å². The Kier molecular flexibility index (Phi) is 7.15. The van der Waals surface area contributed by atoms with Gasteiger partial charge in [0.1, 0.15) is 5.75 Å². The van der Waals surface area contributed by atoms with Gasteiger partial charge >= 0.3 is 0 Å². The first kappa shape index (κ1) is 21.7. The fourth-order valence-electron chi connectivity index (χ4n) is 2.57. The van der Waals surface area contributed by atoms with E-state index in [9.17, 15) is 9.59 Å². The van der Waals surface area contributed by atoms with Gasteiger partial charge in [-0.15, -0.1) is 0 Å². The molecule has 0 N–H and O–H groups in total. The molecule has 0 atom stereocenters. The van der Waals surface area contributed by atoms with E-state index in [1.807, 2.05) is 19.1 Å². The van der Waals surface area contributed by atoms with Gasteiger partial charge < -0.3 is 4.74 Å². The molecule has 0 aliphatic carbocycles. The van der Waals surface area contributed by atoms with E-state index >= 15 is 0 Å². The lowest BCUT2D eigenvalue weighted by Gasteiger charge is -2.14. The van der Waals surface area contributed by atoms with Crippen LogP contribution in [-0.4, -0.2) is 22.7 Å². The van der Waals surface area contributed by atoms with E-state index in [-0.39, 0.29) is 17.7 Å². The molecule has 1 aliphatic heterocycles. The first-order chi connectivity index (χ1) is 13.3. The highest BCUT2D eigenvalue weighted by Crippen LogP contribution is 2.38. The Morgan fingerprint density at radius 1 is 1.14 bits per heavy atom. The highest BCUT2D eigenvalue weighted by Gasteiger charge is 2.35. The number of nitrogens with zero attached hydrogens (tertiary/aromatic N) is 1. The number of carbonyl (C=O) groups excluding carboxylic acids is 2. The highest BCUT2D eigenvalue weighted by molar-refractivity contribution is 9.11. The van der Waals surface area contributed by atoms with Crippen LogP contribution < -0.4 is 4.74 Å². The summed E-state index contributed by atoms with van der Waals surface area (Å²) in [5.41, 5.74) is 1.30. The predicted octanol–water partition coefficient (Wildman–Crippen LogP) is 7.15. The molecule has 0 bridgehead atoms. The summed E-state index contributed by atoms with van der Waals surface area (Å²) in [6, 6.07) is 8.71. The molecule has 1 fully saturated rings. The smallest absolute Gasteiger partial charge is 0.293 e. The van der Waals surface area contributed by atoms with E-state index in [2.05, 4.69) is 31.9 Å². The van der Waals surface area contributed by atoms with E-state index in [1.165, 1.54) is 0 Å². The molecule has 28 heavy (non-hydrogen) atoms. The molecule has 146 valence electrons. The molecule has 1 heterocycles. The zero-order valence-corrected chi connectivity index (χ0v) is 20.0. The van der Waals surface area contributed by atoms with Crippen molar-refractivity contribution in [3.8, 4) is 5.75 Å². The number of hydrogen-bond donors (Lipinski definition) is 0. The number of ether oxygens (including phenoxy) is 1. The van der Waals surface area contributed by atoms with Crippen molar-refractivity contribution in [2.45, 2.75) is 13.5 Å². The third-order valence-electron chi connectivity index (χ3n) is 3.86. The van der Waals surface area contributed by atoms with Gasteiger partial charge in [-0.3, -0.25) is 14.5 Å². The molecule has 0 unspecified atom stereocenters. The van der Waals surface area contributed by atoms with Crippen molar-refractivity contribution in [1.82, 2.24) is 4.90 Å². The number of imide groups is 1. The lowest BCUT2D eigenvalue weighted by Crippen LogP contribution is -2.27. The summed E-state index contributed by atoms with van der Waals surface area (Å²) in [5.74, 6) is 0.299. The van der Waals surface area contributed by atoms with Crippen LogP contribution in [0.1, 0.15) is 18.1 Å². The Bertz CT molecular complexity index is 954. The average Bonchev–Trinajstić information content (AvgIpc) is 2.88. The molecule has 2 aromatic rings. The number of halogens is 4. The van der Waals surface area contributed by atoms with Crippen LogP contribution in [0.5, 0.6) is 5.75 Å². The summed E-state index contributed by atoms with van der Waals surface area (Å²) >= 11 is 20.1. The molecule has 2 amide bonds. The van der Waals surface area contributed by atoms with Crippen LogP contribution in [0.2, 0.25) is 10.0 Å². The fraction of sp³-hybridized carbons (Fsp3) is 0.158. The third kappa shape index (κ3) is 4.60. The first-order valence-corrected chi connectivity index (χ1v) is 11.3. The van der Waals surface area contributed by atoms with E-state index in [0.717, 1.165) is 31.2 Å². The molecule has 0 aromatic heterocycles. The quantitative estimate of drug-likeness (QED) is 0.361. The normalized spacial score (nSPS) is 15.6. The van der Waals surface area contributed by atoms with E-state index in [4.69, 9.17) is 27.9 Å². The van der Waals surface area contributed by atoms with Gasteiger partial charge in [-0.1, -0.05) is 29.3 Å². The van der Waals surface area contributed by atoms with Gasteiger partial charge in [-0.25, -0.2) is 0 Å². The van der Waals surface area contributed by atoms with E-state index < -0.39 is 0 Å². The standard InChI is InChI=1S/C19H13Br2Cl2NO3S/c1-2-27-17-12(20)6-10(7-13(17)21)8-16-18(25)24(19(26)28-16)9-11-14(22)4-3-5-15(11)23/h3-8H,2,9H2,1H3/b16-8-. The van der Waals surface area contributed by atoms with Gasteiger partial charge in [0.25, 0.3) is 11.1 Å². The molecule has 0 saturated carbocycles. The lowest BCUT2D eigenvalue weighted by molar-refractivity contribution is -0.123. The predicted molar refractivity (Wildman–Crippen MR) is 121 cm³/mol. The Morgan fingerprint density at radius 3 is 2.32 bits per heavy atom. The van der Waals surface area contributed by atoms with Gasteiger partial charge in [0.2, 0.25) is 0 Å². The largest absolute Gasteiger partial charge is 0.492 e. The van der Waals surface area contributed by atoms with Gasteiger partial charge in [-0.2, -0.15) is 0 Å². The minimum Gasteiger partial charge on any atom is -0.492 e. The number of hydrogen-bond acceptors (Lipinski definition) is 4. The van der Waals surface area contributed by atoms with Crippen LogP contribution in [0.3, 0.4) is 0 Å². The number of carbonyl (C=O) groups is 2. The minimum atomic E-state index is -0.382. The van der Waals surface area contributed by atoms with E-state index in [0.29, 0.717) is 32.9 Å². The molecular weight excluding hydrogens is 553 g/mol. The number of thioether (sulfide) groups is 1. The van der Waals surface area contributed by atoms with Crippen LogP contribution in [0.4, 0.5) is 4.79 Å². The molecule has 4 nitrogen and oxygen atoms in total. The third-order valence-corrected chi connectivity index (χ3v) is 6.65. The van der Waals surface area contributed by atoms with Crippen molar-refractivity contribution < 1.29 is 14.3 Å². The Morgan fingerprint density at radius 2 is 1.75 bits per heavy atom. The molecule has 1 aliphatic rings. The van der Waals surface area contributed by atoms with Gasteiger partial charge in [0.15, 0.2) is 0 Å². The topological polar surface area (TPSA) is 46.6 Å². The number of amides is 2. The second kappa shape index (κ2) is 9.22. The second-order valence-corrected chi connectivity index (χ2v) is 9.23. The summed E-state index contributed by atoms with van der Waals surface area (Å²) < 4.78 is 7.06. The van der Waals surface area contributed by atoms with Crippen LogP contribution in [-0.2, 0) is 11.3 Å². The first-order valence-electron chi connectivity index (χ1n) is 8.12. The molecule has 0 radical (unpaired) electrons. The van der Waals surface area contributed by atoms with Crippen LogP contribution in [0.25, 0.3) is 6.08 Å². The summed E-state index contributed by atoms with van der Waals surface area (Å²) in [4.78, 5) is 26.6. The Labute approximate surface area is 193 Å². The summed E-state index contributed by atoms with van der Waals surface area (Å²) in [6.07, 6.45) is 1.67. The van der Waals surface area contributed by atoms with Crippen molar-refractivity contribution >= 4 is 84.0 Å². The van der Waals surface area contributed by atoms with Crippen molar-refractivity contribution in [3.63, 3.8) is 0 Å². The Balaban J connectivity index is 1.87. The molecule has 3 rings (SSSR count). The molecule has 9 heteroatoms. The average molecular weight is 566 g/mol. The van der Waals surface area contributed by atoms with Crippen LogP contribution in [0.15, 0.2) is 44.2 Å². The molecular formula is C19H13Br2Cl2NO3S. The van der Waals surface area contributed by atoms with Gasteiger partial charge in [-0.05, 0) is 86.5 Å². The maximum absolute atomic E-state index is 12.8. The monoisotopic (exact) mass is 563 g/mol. The van der Waals surface area contributed by atoms with Crippen molar-refractivity contribution in [2.75, 3.05) is 6.61 Å². The molecule has 0 spiro atoms. The molecule has 2 aromatic carbocycles. The van der Waals surface area contributed by atoms with Crippen LogP contribution >= 0.6 is 66.8 Å². The summed E-state index contributed by atoms with van der Waals surface area (Å²) in [5, 5.41) is 0.459. The number of benzene rings is 2. The fourth-order valence-corrected chi connectivity index (χ4v) is 5.38. The maximum Gasteiger partial charge on any atom is 0.293 e. The van der Waals surface area contributed by atoms with Crippen molar-refractivity contribution in [2.24, 2.45) is 0 Å². The van der Waals surface area contributed by atoms with Crippen molar-refractivity contribution in [3.05, 3.63) is 65.4 Å². The number of rotatable bonds is 5. The zero-order valence-electron chi connectivity index (χ0n) is 14.5. The summed E-state index contributed by atoms with van der Waals surface area (Å²) in [6.45, 7) is 2.45.